The standard InChI is InChI=1S/C26H50O5/c1-3-5-7-9-10-11-12-13-14-15-17-19-21-26(29)31-24(22-27)23-30-25(28)20-18-16-8-6-4-2/h24,27H,3-23H2,1-2H3/t24-/m0/s1. The number of hydrogen-bond donors (Lipinski definition) is 1. The minimum atomic E-state index is -0.756. The molecule has 5 heteroatoms. The van der Waals surface area contributed by atoms with E-state index in [2.05, 4.69) is 13.8 Å². The molecule has 0 amide bonds. The Hall–Kier alpha value is -1.10. The van der Waals surface area contributed by atoms with Gasteiger partial charge in [-0.2, -0.15) is 0 Å². The number of hydrogen-bond acceptors (Lipinski definition) is 5. The third-order valence-corrected chi connectivity index (χ3v) is 5.65. The zero-order valence-corrected chi connectivity index (χ0v) is 20.5. The Bertz CT molecular complexity index is 411. The molecule has 0 aromatic heterocycles. The summed E-state index contributed by atoms with van der Waals surface area (Å²) >= 11 is 0. The van der Waals surface area contributed by atoms with E-state index in [-0.39, 0.29) is 25.2 Å². The molecule has 0 aromatic rings. The van der Waals surface area contributed by atoms with Gasteiger partial charge in [0.15, 0.2) is 6.10 Å². The molecule has 0 aromatic carbocycles. The maximum absolute atomic E-state index is 11.9. The predicted octanol–water partition coefficient (Wildman–Crippen LogP) is 6.89. The number of esters is 2. The Morgan fingerprint density at radius 1 is 0.613 bits per heavy atom. The van der Waals surface area contributed by atoms with E-state index in [1.54, 1.807) is 0 Å². The van der Waals surface area contributed by atoms with Crippen LogP contribution in [0.5, 0.6) is 0 Å². The van der Waals surface area contributed by atoms with E-state index < -0.39 is 6.10 Å². The zero-order valence-electron chi connectivity index (χ0n) is 20.5. The smallest absolute Gasteiger partial charge is 0.306 e. The van der Waals surface area contributed by atoms with Crippen LogP contribution in [0.2, 0.25) is 0 Å². The van der Waals surface area contributed by atoms with E-state index in [4.69, 9.17) is 9.47 Å². The zero-order chi connectivity index (χ0) is 23.0. The second-order valence-electron chi connectivity index (χ2n) is 8.78. The molecule has 0 rings (SSSR count). The first-order valence-electron chi connectivity index (χ1n) is 13.1. The highest BCUT2D eigenvalue weighted by atomic mass is 16.6. The van der Waals surface area contributed by atoms with Crippen LogP contribution in [0, 0.1) is 0 Å². The molecule has 0 bridgehead atoms. The van der Waals surface area contributed by atoms with Gasteiger partial charge < -0.3 is 14.6 Å². The van der Waals surface area contributed by atoms with Gasteiger partial charge in [-0.3, -0.25) is 9.59 Å². The lowest BCUT2D eigenvalue weighted by Gasteiger charge is -2.15. The number of unbranched alkanes of at least 4 members (excludes halogenated alkanes) is 15. The van der Waals surface area contributed by atoms with Crippen LogP contribution < -0.4 is 0 Å². The molecule has 0 aliphatic carbocycles. The molecule has 0 aliphatic heterocycles. The minimum Gasteiger partial charge on any atom is -0.462 e. The lowest BCUT2D eigenvalue weighted by Crippen LogP contribution is -2.28. The van der Waals surface area contributed by atoms with Crippen LogP contribution in [0.1, 0.15) is 136 Å². The Labute approximate surface area is 191 Å². The Balaban J connectivity index is 3.57. The second-order valence-corrected chi connectivity index (χ2v) is 8.78. The maximum atomic E-state index is 11.9. The highest BCUT2D eigenvalue weighted by Gasteiger charge is 2.16. The van der Waals surface area contributed by atoms with Crippen LogP contribution in [0.15, 0.2) is 0 Å². The van der Waals surface area contributed by atoms with Crippen molar-refractivity contribution in [2.75, 3.05) is 13.2 Å². The van der Waals surface area contributed by atoms with E-state index in [9.17, 15) is 14.7 Å². The third kappa shape index (κ3) is 21.9. The van der Waals surface area contributed by atoms with Crippen LogP contribution in [0.4, 0.5) is 0 Å². The van der Waals surface area contributed by atoms with Crippen LogP contribution in [-0.2, 0) is 19.1 Å². The molecule has 1 atom stereocenters. The van der Waals surface area contributed by atoms with Crippen LogP contribution in [0.25, 0.3) is 0 Å². The largest absolute Gasteiger partial charge is 0.462 e. The molecule has 0 saturated carbocycles. The van der Waals surface area contributed by atoms with Crippen molar-refractivity contribution in [3.05, 3.63) is 0 Å². The number of carbonyl (C=O) groups is 2. The van der Waals surface area contributed by atoms with Crippen molar-refractivity contribution in [1.82, 2.24) is 0 Å². The molecule has 184 valence electrons. The van der Waals surface area contributed by atoms with Crippen molar-refractivity contribution in [2.24, 2.45) is 0 Å². The van der Waals surface area contributed by atoms with E-state index in [1.165, 1.54) is 70.6 Å². The lowest BCUT2D eigenvalue weighted by molar-refractivity contribution is -0.161. The van der Waals surface area contributed by atoms with Crippen molar-refractivity contribution in [3.63, 3.8) is 0 Å². The van der Waals surface area contributed by atoms with Gasteiger partial charge in [-0.25, -0.2) is 0 Å². The third-order valence-electron chi connectivity index (χ3n) is 5.65. The summed E-state index contributed by atoms with van der Waals surface area (Å²) < 4.78 is 10.4. The van der Waals surface area contributed by atoms with E-state index in [1.807, 2.05) is 0 Å². The lowest BCUT2D eigenvalue weighted by atomic mass is 10.0. The van der Waals surface area contributed by atoms with Crippen LogP contribution >= 0.6 is 0 Å². The summed E-state index contributed by atoms with van der Waals surface area (Å²) in [5.41, 5.74) is 0. The monoisotopic (exact) mass is 442 g/mol. The van der Waals surface area contributed by atoms with E-state index >= 15 is 0 Å². The average molecular weight is 443 g/mol. The van der Waals surface area contributed by atoms with E-state index in [0.717, 1.165) is 38.5 Å². The van der Waals surface area contributed by atoms with Gasteiger partial charge in [0.25, 0.3) is 0 Å². The first-order chi connectivity index (χ1) is 15.1. The molecule has 5 nitrogen and oxygen atoms in total. The van der Waals surface area contributed by atoms with Crippen LogP contribution in [0.3, 0.4) is 0 Å². The van der Waals surface area contributed by atoms with Crippen molar-refractivity contribution >= 4 is 11.9 Å². The molecular formula is C26H50O5. The topological polar surface area (TPSA) is 72.8 Å². The summed E-state index contributed by atoms with van der Waals surface area (Å²) in [7, 11) is 0. The summed E-state index contributed by atoms with van der Waals surface area (Å²) in [5, 5.41) is 9.37. The molecule has 0 fully saturated rings. The highest BCUT2D eigenvalue weighted by Crippen LogP contribution is 2.13. The second kappa shape index (κ2) is 23.6. The number of rotatable bonds is 23. The molecule has 0 aliphatic rings. The van der Waals surface area contributed by atoms with Crippen LogP contribution in [-0.4, -0.2) is 36.4 Å². The molecule has 0 saturated heterocycles. The van der Waals surface area contributed by atoms with Crippen molar-refractivity contribution in [2.45, 2.75) is 142 Å². The molecule has 0 radical (unpaired) electrons. The maximum Gasteiger partial charge on any atom is 0.306 e. The number of aliphatic hydroxyl groups is 1. The first kappa shape index (κ1) is 29.9. The number of aliphatic hydroxyl groups excluding tert-OH is 1. The first-order valence-corrected chi connectivity index (χ1v) is 13.1. The summed E-state index contributed by atoms with van der Waals surface area (Å²) in [6.45, 7) is 4.02. The normalized spacial score (nSPS) is 12.0. The van der Waals surface area contributed by atoms with Gasteiger partial charge in [-0.15, -0.1) is 0 Å². The molecule has 1 N–H and O–H groups in total. The van der Waals surface area contributed by atoms with Gasteiger partial charge in [0.1, 0.15) is 6.61 Å². The van der Waals surface area contributed by atoms with Gasteiger partial charge >= 0.3 is 11.9 Å². The SMILES string of the molecule is CCCCCCCCCCCCCCC(=O)O[C@@H](CO)COC(=O)CCCCCCC. The summed E-state index contributed by atoms with van der Waals surface area (Å²) in [4.78, 5) is 23.7. The molecular weight excluding hydrogens is 392 g/mol. The van der Waals surface area contributed by atoms with Gasteiger partial charge in [0.2, 0.25) is 0 Å². The fourth-order valence-corrected chi connectivity index (χ4v) is 3.61. The Morgan fingerprint density at radius 2 is 1.00 bits per heavy atom. The minimum absolute atomic E-state index is 0.0610. The van der Waals surface area contributed by atoms with Gasteiger partial charge in [0, 0.05) is 12.8 Å². The number of carbonyl (C=O) groups excluding carboxylic acids is 2. The van der Waals surface area contributed by atoms with Gasteiger partial charge in [-0.1, -0.05) is 110 Å². The number of ether oxygens (including phenoxy) is 2. The summed E-state index contributed by atoms with van der Waals surface area (Å²) in [6, 6.07) is 0. The van der Waals surface area contributed by atoms with Crippen molar-refractivity contribution in [1.29, 1.82) is 0 Å². The Morgan fingerprint density at radius 3 is 1.42 bits per heavy atom. The predicted molar refractivity (Wildman–Crippen MR) is 127 cm³/mol. The fourth-order valence-electron chi connectivity index (χ4n) is 3.61. The molecule has 31 heavy (non-hydrogen) atoms. The molecule has 0 heterocycles. The molecule has 0 unspecified atom stereocenters. The quantitative estimate of drug-likeness (QED) is 0.138. The average Bonchev–Trinajstić information content (AvgIpc) is 2.77. The summed E-state index contributed by atoms with van der Waals surface area (Å²) in [6.07, 6.45) is 20.3. The van der Waals surface area contributed by atoms with Gasteiger partial charge in [-0.05, 0) is 12.8 Å². The molecule has 0 spiro atoms. The van der Waals surface area contributed by atoms with Crippen molar-refractivity contribution in [3.8, 4) is 0 Å². The van der Waals surface area contributed by atoms with Gasteiger partial charge in [0.05, 0.1) is 6.61 Å². The van der Waals surface area contributed by atoms with Crippen molar-refractivity contribution < 1.29 is 24.2 Å². The fraction of sp³-hybridized carbons (Fsp3) is 0.923. The van der Waals surface area contributed by atoms with E-state index in [0.29, 0.717) is 12.8 Å². The summed E-state index contributed by atoms with van der Waals surface area (Å²) in [5.74, 6) is -0.603. The highest BCUT2D eigenvalue weighted by molar-refractivity contribution is 5.70. The Kier molecular flexibility index (Phi) is 22.7.